The van der Waals surface area contributed by atoms with Gasteiger partial charge in [-0.25, -0.2) is 8.42 Å². The van der Waals surface area contributed by atoms with Crippen LogP contribution in [-0.4, -0.2) is 50.5 Å². The maximum Gasteiger partial charge on any atom is 0.244 e. The van der Waals surface area contributed by atoms with Crippen LogP contribution in [0.5, 0.6) is 0 Å². The van der Waals surface area contributed by atoms with E-state index in [4.69, 9.17) is 11.6 Å². The highest BCUT2D eigenvalue weighted by Crippen LogP contribution is 2.60. The maximum absolute atomic E-state index is 14.4. The van der Waals surface area contributed by atoms with Gasteiger partial charge in [0.2, 0.25) is 21.8 Å². The van der Waals surface area contributed by atoms with E-state index in [0.717, 1.165) is 36.0 Å². The number of benzene rings is 3. The predicted octanol–water partition coefficient (Wildman–Crippen LogP) is 6.74. The minimum atomic E-state index is -3.85. The Labute approximate surface area is 284 Å². The standard InChI is InChI=1S/C38H46ClN3O4S/c1-3-17-40-37(44)35(21-27-9-5-4-6-10-27)41(25-31-11-7-8-12-34(31)39)36(43)26-42(47(2,45)46)33-15-13-32(14-16-33)38-22-28-18-29(23-38)20-30(19-28)24-38/h4-16,28-30,35H,3,17-26H2,1-2H3,(H,40,44). The van der Waals surface area contributed by atoms with Gasteiger partial charge >= 0.3 is 0 Å². The van der Waals surface area contributed by atoms with E-state index in [1.807, 2.05) is 67.6 Å². The van der Waals surface area contributed by atoms with E-state index in [0.29, 0.717) is 22.8 Å². The summed E-state index contributed by atoms with van der Waals surface area (Å²) in [5, 5.41) is 3.44. The van der Waals surface area contributed by atoms with Crippen molar-refractivity contribution < 1.29 is 18.0 Å². The second kappa shape index (κ2) is 14.0. The Balaban J connectivity index is 1.30. The molecule has 7 nitrogen and oxygen atoms in total. The van der Waals surface area contributed by atoms with Gasteiger partial charge in [-0.2, -0.15) is 0 Å². The SMILES string of the molecule is CCCNC(=O)C(Cc1ccccc1)N(Cc1ccccc1Cl)C(=O)CN(c1ccc(C23CC4CC(CC(C4)C2)C3)cc1)S(C)(=O)=O. The van der Waals surface area contributed by atoms with Gasteiger partial charge < -0.3 is 10.2 Å². The number of amides is 2. The molecule has 0 aliphatic heterocycles. The summed E-state index contributed by atoms with van der Waals surface area (Å²) in [7, 11) is -3.85. The molecule has 250 valence electrons. The van der Waals surface area contributed by atoms with Crippen LogP contribution in [0, 0.1) is 17.8 Å². The summed E-state index contributed by atoms with van der Waals surface area (Å²) in [4.78, 5) is 29.6. The van der Waals surface area contributed by atoms with Crippen molar-refractivity contribution in [3.05, 3.63) is 101 Å². The largest absolute Gasteiger partial charge is 0.354 e. The zero-order valence-corrected chi connectivity index (χ0v) is 29.0. The molecule has 7 rings (SSSR count). The van der Waals surface area contributed by atoms with Crippen molar-refractivity contribution in [1.29, 1.82) is 0 Å². The highest BCUT2D eigenvalue weighted by atomic mass is 35.5. The second-order valence-electron chi connectivity index (χ2n) is 14.1. The highest BCUT2D eigenvalue weighted by Gasteiger charge is 2.51. The van der Waals surface area contributed by atoms with E-state index in [9.17, 15) is 18.0 Å². The summed E-state index contributed by atoms with van der Waals surface area (Å²) in [6, 6.07) is 23.8. The van der Waals surface area contributed by atoms with Gasteiger partial charge in [-0.1, -0.05) is 79.2 Å². The van der Waals surface area contributed by atoms with Gasteiger partial charge in [0.15, 0.2) is 0 Å². The lowest BCUT2D eigenvalue weighted by Gasteiger charge is -2.57. The highest BCUT2D eigenvalue weighted by molar-refractivity contribution is 7.92. The van der Waals surface area contributed by atoms with Gasteiger partial charge in [0.1, 0.15) is 12.6 Å². The number of halogens is 1. The molecule has 47 heavy (non-hydrogen) atoms. The lowest BCUT2D eigenvalue weighted by molar-refractivity contribution is -0.140. The number of hydrogen-bond acceptors (Lipinski definition) is 4. The average Bonchev–Trinajstić information content (AvgIpc) is 3.04. The Bertz CT molecular complexity index is 1640. The van der Waals surface area contributed by atoms with Gasteiger partial charge in [0.25, 0.3) is 0 Å². The molecule has 2 amide bonds. The normalized spacial score (nSPS) is 23.7. The summed E-state index contributed by atoms with van der Waals surface area (Å²) >= 11 is 6.56. The Morgan fingerprint density at radius 3 is 2.06 bits per heavy atom. The Kier molecular flexibility index (Phi) is 10.00. The van der Waals surface area contributed by atoms with Crippen molar-refractivity contribution in [1.82, 2.24) is 10.2 Å². The summed E-state index contributed by atoms with van der Waals surface area (Å²) in [6.45, 7) is 2.05. The number of sulfonamides is 1. The summed E-state index contributed by atoms with van der Waals surface area (Å²) in [5.41, 5.74) is 3.48. The van der Waals surface area contributed by atoms with E-state index in [-0.39, 0.29) is 24.3 Å². The molecule has 1 unspecified atom stereocenters. The minimum absolute atomic E-state index is 0.0537. The fourth-order valence-electron chi connectivity index (χ4n) is 8.79. The molecule has 0 radical (unpaired) electrons. The lowest BCUT2D eigenvalue weighted by Crippen LogP contribution is -2.53. The first-order valence-corrected chi connectivity index (χ1v) is 19.2. The van der Waals surface area contributed by atoms with E-state index in [2.05, 4.69) is 17.4 Å². The number of nitrogens with one attached hydrogen (secondary N) is 1. The molecule has 3 aromatic carbocycles. The number of anilines is 1. The molecule has 0 saturated heterocycles. The van der Waals surface area contributed by atoms with Crippen molar-refractivity contribution in [2.24, 2.45) is 17.8 Å². The van der Waals surface area contributed by atoms with Gasteiger partial charge in [-0.05, 0) is 103 Å². The Morgan fingerprint density at radius 1 is 0.894 bits per heavy atom. The van der Waals surface area contributed by atoms with Crippen molar-refractivity contribution in [3.63, 3.8) is 0 Å². The van der Waals surface area contributed by atoms with Crippen LogP contribution >= 0.6 is 11.6 Å². The molecule has 4 bridgehead atoms. The fourth-order valence-corrected chi connectivity index (χ4v) is 9.83. The first kappa shape index (κ1) is 33.5. The van der Waals surface area contributed by atoms with Gasteiger partial charge in [0.05, 0.1) is 11.9 Å². The molecule has 4 fully saturated rings. The molecule has 4 aliphatic rings. The molecule has 4 aliphatic carbocycles. The number of carbonyl (C=O) groups excluding carboxylic acids is 2. The number of rotatable bonds is 13. The molecule has 3 aromatic rings. The zero-order valence-electron chi connectivity index (χ0n) is 27.4. The first-order valence-electron chi connectivity index (χ1n) is 17.0. The van der Waals surface area contributed by atoms with Crippen LogP contribution in [0.2, 0.25) is 5.02 Å². The molecule has 1 N–H and O–H groups in total. The summed E-state index contributed by atoms with van der Waals surface area (Å²) in [6.07, 6.45) is 9.84. The van der Waals surface area contributed by atoms with Gasteiger partial charge in [-0.15, -0.1) is 0 Å². The fraction of sp³-hybridized carbons (Fsp3) is 0.474. The quantitative estimate of drug-likeness (QED) is 0.218. The van der Waals surface area contributed by atoms with Crippen LogP contribution < -0.4 is 9.62 Å². The van der Waals surface area contributed by atoms with Crippen molar-refractivity contribution in [2.75, 3.05) is 23.7 Å². The molecular weight excluding hydrogens is 630 g/mol. The zero-order chi connectivity index (χ0) is 33.2. The third kappa shape index (κ3) is 7.54. The Morgan fingerprint density at radius 2 is 1.49 bits per heavy atom. The summed E-state index contributed by atoms with van der Waals surface area (Å²) < 4.78 is 27.8. The number of nitrogens with zero attached hydrogens (tertiary/aromatic N) is 2. The minimum Gasteiger partial charge on any atom is -0.354 e. The van der Waals surface area contributed by atoms with Crippen LogP contribution in [0.3, 0.4) is 0 Å². The number of hydrogen-bond donors (Lipinski definition) is 1. The molecular formula is C38H46ClN3O4S. The van der Waals surface area contributed by atoms with E-state index in [1.54, 1.807) is 6.07 Å². The smallest absolute Gasteiger partial charge is 0.244 e. The lowest BCUT2D eigenvalue weighted by atomic mass is 9.48. The van der Waals surface area contributed by atoms with Gasteiger partial charge in [-0.3, -0.25) is 13.9 Å². The predicted molar refractivity (Wildman–Crippen MR) is 188 cm³/mol. The topological polar surface area (TPSA) is 86.8 Å². The van der Waals surface area contributed by atoms with Gasteiger partial charge in [0, 0.05) is 24.5 Å². The average molecular weight is 676 g/mol. The van der Waals surface area contributed by atoms with E-state index >= 15 is 0 Å². The van der Waals surface area contributed by atoms with Crippen molar-refractivity contribution in [3.8, 4) is 0 Å². The molecule has 4 saturated carbocycles. The first-order chi connectivity index (χ1) is 22.5. The maximum atomic E-state index is 14.4. The second-order valence-corrected chi connectivity index (χ2v) is 16.4. The van der Waals surface area contributed by atoms with Crippen molar-refractivity contribution >= 4 is 39.1 Å². The molecule has 1 atom stereocenters. The molecule has 0 spiro atoms. The number of carbonyl (C=O) groups is 2. The van der Waals surface area contributed by atoms with E-state index < -0.39 is 28.5 Å². The van der Waals surface area contributed by atoms with Crippen LogP contribution in [0.4, 0.5) is 5.69 Å². The van der Waals surface area contributed by atoms with Crippen molar-refractivity contribution in [2.45, 2.75) is 76.3 Å². The molecule has 9 heteroatoms. The summed E-state index contributed by atoms with van der Waals surface area (Å²) in [5.74, 6) is 1.63. The van der Waals surface area contributed by atoms with E-state index in [1.165, 1.54) is 53.3 Å². The third-order valence-electron chi connectivity index (χ3n) is 10.6. The van der Waals surface area contributed by atoms with Crippen LogP contribution in [0.1, 0.15) is 68.6 Å². The Hall–Kier alpha value is -3.36. The molecule has 0 aromatic heterocycles. The monoisotopic (exact) mass is 675 g/mol. The third-order valence-corrected chi connectivity index (χ3v) is 12.1. The van der Waals surface area contributed by atoms with Crippen LogP contribution in [-0.2, 0) is 38.0 Å². The molecule has 0 heterocycles. The van der Waals surface area contributed by atoms with Crippen LogP contribution in [0.15, 0.2) is 78.9 Å². The van der Waals surface area contributed by atoms with Crippen LogP contribution in [0.25, 0.3) is 0 Å².